The van der Waals surface area contributed by atoms with Crippen LogP contribution in [0.15, 0.2) is 97.5 Å². The number of para-hydroxylation sites is 1. The molecule has 16 heteroatoms. The lowest BCUT2D eigenvalue weighted by Gasteiger charge is -2.39. The third-order valence-electron chi connectivity index (χ3n) is 11.8. The molecule has 6 heterocycles. The van der Waals surface area contributed by atoms with Crippen molar-refractivity contribution < 1.29 is 38.0 Å². The number of likely N-dealkylation sites (N-methyl/N-ethyl adjacent to an activating group) is 1. The number of halogens is 2. The minimum atomic E-state index is -1.44. The fourth-order valence-electron chi connectivity index (χ4n) is 8.20. The van der Waals surface area contributed by atoms with Gasteiger partial charge in [-0.15, -0.1) is 11.3 Å². The van der Waals surface area contributed by atoms with E-state index in [4.69, 9.17) is 40.3 Å². The number of aliphatic carboxylic acids is 1. The van der Waals surface area contributed by atoms with Crippen LogP contribution >= 0.6 is 22.9 Å². The summed E-state index contributed by atoms with van der Waals surface area (Å²) in [5, 5.41) is 11.7. The molecule has 7 aromatic rings. The second-order valence-electron chi connectivity index (χ2n) is 16.1. The molecule has 0 amide bonds. The quantitative estimate of drug-likeness (QED) is 0.147. The number of carboxylic acid groups (broad SMARTS) is 1. The molecule has 334 valence electrons. The van der Waals surface area contributed by atoms with Crippen molar-refractivity contribution in [1.29, 1.82) is 0 Å². The minimum absolute atomic E-state index is 0.0458. The highest BCUT2D eigenvalue weighted by atomic mass is 35.5. The summed E-state index contributed by atoms with van der Waals surface area (Å²) < 4.78 is 46.0. The summed E-state index contributed by atoms with van der Waals surface area (Å²) in [6.45, 7) is 7.50. The summed E-state index contributed by atoms with van der Waals surface area (Å²) in [5.41, 5.74) is 4.66. The molecule has 10 rings (SSSR count). The number of piperazine rings is 1. The number of thiophene rings is 1. The number of hydrogen-bond acceptors (Lipinski definition) is 13. The Morgan fingerprint density at radius 1 is 0.985 bits per heavy atom. The molecular formula is C49H46ClFN6O7S. The van der Waals surface area contributed by atoms with Gasteiger partial charge in [0.15, 0.2) is 5.82 Å². The van der Waals surface area contributed by atoms with Gasteiger partial charge in [0, 0.05) is 60.8 Å². The van der Waals surface area contributed by atoms with E-state index in [9.17, 15) is 14.3 Å². The maximum Gasteiger partial charge on any atom is 0.345 e. The number of ether oxygens (including phenoxy) is 5. The molecule has 0 spiro atoms. The van der Waals surface area contributed by atoms with Crippen LogP contribution in [0.3, 0.4) is 0 Å². The lowest BCUT2D eigenvalue weighted by Crippen LogP contribution is -2.53. The highest BCUT2D eigenvalue weighted by Gasteiger charge is 2.30. The van der Waals surface area contributed by atoms with E-state index in [0.29, 0.717) is 79.0 Å². The van der Waals surface area contributed by atoms with Crippen LogP contribution in [0.5, 0.6) is 28.9 Å². The van der Waals surface area contributed by atoms with Crippen LogP contribution < -0.4 is 23.7 Å². The van der Waals surface area contributed by atoms with E-state index in [-0.39, 0.29) is 31.3 Å². The molecule has 4 bridgehead atoms. The first kappa shape index (κ1) is 43.8. The summed E-state index contributed by atoms with van der Waals surface area (Å²) in [5.74, 6) is 0.927. The van der Waals surface area contributed by atoms with E-state index in [1.54, 1.807) is 49.7 Å². The van der Waals surface area contributed by atoms with Crippen molar-refractivity contribution in [2.75, 3.05) is 46.9 Å². The standard InChI is InChI=1S/C49H46ClFN6O7S/c1-28-23-57(20-19-56(28)3)24-35-26-61-34-13-15-38(62-25-33-17-18-52-46(55-33)37-7-5-6-8-39(37)60-4)31(21-34)22-41(49(58)59)64-47-43-42(36-14-16-40(63-35)44(50)29(36)2)45(65-48(43)54-27-53-47)30-9-11-32(51)12-10-30/h5-18,21,27-28,35,41H,19-20,22-26H2,1-4H3,(H,58,59)/t28-,35?,41-/m1/s1. The molecule has 3 aliphatic heterocycles. The van der Waals surface area contributed by atoms with Crippen molar-refractivity contribution in [1.82, 2.24) is 29.7 Å². The second kappa shape index (κ2) is 19.0. The topological polar surface area (TPSA) is 141 Å². The van der Waals surface area contributed by atoms with E-state index < -0.39 is 18.2 Å². The minimum Gasteiger partial charge on any atom is -0.496 e. The van der Waals surface area contributed by atoms with Gasteiger partial charge >= 0.3 is 5.97 Å². The van der Waals surface area contributed by atoms with E-state index in [2.05, 4.69) is 38.7 Å². The summed E-state index contributed by atoms with van der Waals surface area (Å²) >= 11 is 8.61. The van der Waals surface area contributed by atoms with E-state index >= 15 is 0 Å². The lowest BCUT2D eigenvalue weighted by molar-refractivity contribution is -0.145. The van der Waals surface area contributed by atoms with Gasteiger partial charge in [0.25, 0.3) is 0 Å². The first-order chi connectivity index (χ1) is 31.5. The molecule has 1 saturated heterocycles. The first-order valence-electron chi connectivity index (χ1n) is 21.2. The molecule has 0 aliphatic carbocycles. The predicted octanol–water partition coefficient (Wildman–Crippen LogP) is 9.02. The molecule has 1 N–H and O–H groups in total. The highest BCUT2D eigenvalue weighted by Crippen LogP contribution is 2.50. The van der Waals surface area contributed by atoms with Gasteiger partial charge in [-0.2, -0.15) is 0 Å². The number of hydrogen-bond donors (Lipinski definition) is 1. The third-order valence-corrected chi connectivity index (χ3v) is 13.4. The molecular weight excluding hydrogens is 871 g/mol. The van der Waals surface area contributed by atoms with Gasteiger partial charge in [-0.05, 0) is 92.2 Å². The monoisotopic (exact) mass is 916 g/mol. The van der Waals surface area contributed by atoms with Crippen LogP contribution in [0, 0.1) is 12.7 Å². The number of rotatable bonds is 9. The summed E-state index contributed by atoms with van der Waals surface area (Å²) in [6, 6.07) is 24.8. The number of aromatic nitrogens is 4. The molecule has 1 unspecified atom stereocenters. The van der Waals surface area contributed by atoms with Crippen molar-refractivity contribution >= 4 is 39.1 Å². The average Bonchev–Trinajstić information content (AvgIpc) is 3.70. The van der Waals surface area contributed by atoms with Gasteiger partial charge < -0.3 is 33.7 Å². The highest BCUT2D eigenvalue weighted by molar-refractivity contribution is 7.22. The van der Waals surface area contributed by atoms with Crippen molar-refractivity contribution in [3.05, 3.63) is 125 Å². The Balaban J connectivity index is 1.14. The Morgan fingerprint density at radius 2 is 1.82 bits per heavy atom. The lowest BCUT2D eigenvalue weighted by atomic mass is 9.96. The van der Waals surface area contributed by atoms with Gasteiger partial charge in [0.2, 0.25) is 12.0 Å². The smallest absolute Gasteiger partial charge is 0.345 e. The fourth-order valence-corrected chi connectivity index (χ4v) is 9.56. The normalized spacial score (nSPS) is 18.0. The first-order valence-corrected chi connectivity index (χ1v) is 22.4. The van der Waals surface area contributed by atoms with Crippen LogP contribution in [0.4, 0.5) is 4.39 Å². The average molecular weight is 917 g/mol. The molecule has 65 heavy (non-hydrogen) atoms. The maximum absolute atomic E-state index is 14.3. The zero-order chi connectivity index (χ0) is 45.2. The number of benzene rings is 4. The van der Waals surface area contributed by atoms with E-state index in [1.807, 2.05) is 43.3 Å². The zero-order valence-electron chi connectivity index (χ0n) is 36.2. The number of carbonyl (C=O) groups is 1. The van der Waals surface area contributed by atoms with Crippen LogP contribution in [0.1, 0.15) is 23.7 Å². The molecule has 0 radical (unpaired) electrons. The van der Waals surface area contributed by atoms with Crippen molar-refractivity contribution in [3.8, 4) is 61.8 Å². The Bertz CT molecular complexity index is 2870. The van der Waals surface area contributed by atoms with E-state index in [1.165, 1.54) is 29.8 Å². The molecule has 3 aromatic heterocycles. The van der Waals surface area contributed by atoms with Gasteiger partial charge in [-0.3, -0.25) is 4.90 Å². The zero-order valence-corrected chi connectivity index (χ0v) is 37.7. The Hall–Kier alpha value is -6.39. The molecule has 0 saturated carbocycles. The molecule has 1 fully saturated rings. The van der Waals surface area contributed by atoms with Gasteiger partial charge in [-0.1, -0.05) is 41.9 Å². The van der Waals surface area contributed by atoms with Crippen molar-refractivity contribution in [2.45, 2.75) is 45.1 Å². The van der Waals surface area contributed by atoms with E-state index in [0.717, 1.165) is 41.2 Å². The van der Waals surface area contributed by atoms with Crippen molar-refractivity contribution in [2.24, 2.45) is 0 Å². The number of carboxylic acids is 1. The Morgan fingerprint density at radius 3 is 2.62 bits per heavy atom. The summed E-state index contributed by atoms with van der Waals surface area (Å²) in [6.07, 6.45) is 0.970. The number of fused-ring (bicyclic) bond motifs is 7. The van der Waals surface area contributed by atoms with Gasteiger partial charge in [-0.25, -0.2) is 29.1 Å². The summed E-state index contributed by atoms with van der Waals surface area (Å²) in [4.78, 5) is 37.6. The molecule has 3 aliphatic rings. The Labute approximate surface area is 384 Å². The largest absolute Gasteiger partial charge is 0.496 e. The number of nitrogens with zero attached hydrogens (tertiary/aromatic N) is 6. The maximum atomic E-state index is 14.3. The SMILES string of the molecule is COc1ccccc1-c1nccc(COc2ccc3cc2C[C@H](C(=O)O)Oc2ncnc4sc(-c5ccc(F)cc5)c(c24)-c2ccc(c(Cl)c2C)OC(CN2CCN(C)[C@H](C)C2)CO3)n1. The second-order valence-corrected chi connectivity index (χ2v) is 17.5. The van der Waals surface area contributed by atoms with Crippen LogP contribution in [-0.2, 0) is 17.8 Å². The summed E-state index contributed by atoms with van der Waals surface area (Å²) in [7, 11) is 3.72. The van der Waals surface area contributed by atoms with Crippen LogP contribution in [-0.4, -0.2) is 106 Å². The van der Waals surface area contributed by atoms with Crippen LogP contribution in [0.2, 0.25) is 5.02 Å². The van der Waals surface area contributed by atoms with Crippen LogP contribution in [0.25, 0.3) is 43.2 Å². The number of methoxy groups -OCH3 is 1. The fraction of sp³-hybridized carbons (Fsp3) is 0.286. The molecule has 13 nitrogen and oxygen atoms in total. The van der Waals surface area contributed by atoms with Gasteiger partial charge in [0.1, 0.15) is 59.3 Å². The predicted molar refractivity (Wildman–Crippen MR) is 247 cm³/mol. The molecule has 3 atom stereocenters. The van der Waals surface area contributed by atoms with Gasteiger partial charge in [0.05, 0.1) is 28.8 Å². The Kier molecular flexibility index (Phi) is 12.8. The molecule has 4 aromatic carbocycles. The third kappa shape index (κ3) is 9.41. The van der Waals surface area contributed by atoms with Crippen molar-refractivity contribution in [3.63, 3.8) is 0 Å².